The van der Waals surface area contributed by atoms with Crippen molar-refractivity contribution in [2.45, 2.75) is 11.3 Å². The summed E-state index contributed by atoms with van der Waals surface area (Å²) in [4.78, 5) is 22.8. The van der Waals surface area contributed by atoms with Gasteiger partial charge in [-0.3, -0.25) is 13.9 Å². The van der Waals surface area contributed by atoms with Gasteiger partial charge in [-0.05, 0) is 36.2 Å². The maximum absolute atomic E-state index is 13.0. The smallest absolute Gasteiger partial charge is 0.264 e. The summed E-state index contributed by atoms with van der Waals surface area (Å²) < 4.78 is 27.3. The second kappa shape index (κ2) is 6.56. The van der Waals surface area contributed by atoms with Gasteiger partial charge in [-0.1, -0.05) is 24.3 Å². The third-order valence-corrected chi connectivity index (χ3v) is 5.76. The molecule has 1 heterocycles. The Morgan fingerprint density at radius 2 is 1.88 bits per heavy atom. The van der Waals surface area contributed by atoms with E-state index in [-0.39, 0.29) is 17.0 Å². The minimum absolute atomic E-state index is 0.0240. The van der Waals surface area contributed by atoms with E-state index >= 15 is 0 Å². The summed E-state index contributed by atoms with van der Waals surface area (Å²) in [5.41, 5.74) is 6.77. The number of fused-ring (bicyclic) bond motifs is 1. The molecule has 0 atom stereocenters. The SMILES string of the molecule is NC(=O)CNC(=O)c1cccc(S(=O)(=O)N2CCc3ccccc32)c1. The molecule has 3 N–H and O–H groups in total. The van der Waals surface area contributed by atoms with Crippen LogP contribution in [0.4, 0.5) is 5.69 Å². The summed E-state index contributed by atoms with van der Waals surface area (Å²) in [6.45, 7) is 0.0507. The Morgan fingerprint density at radius 3 is 2.64 bits per heavy atom. The van der Waals surface area contributed by atoms with Crippen LogP contribution in [0.2, 0.25) is 0 Å². The van der Waals surface area contributed by atoms with Gasteiger partial charge in [-0.15, -0.1) is 0 Å². The number of sulfonamides is 1. The fraction of sp³-hybridized carbons (Fsp3) is 0.176. The topological polar surface area (TPSA) is 110 Å². The Bertz CT molecular complexity index is 940. The van der Waals surface area contributed by atoms with Crippen LogP contribution in [-0.4, -0.2) is 33.3 Å². The second-order valence-corrected chi connectivity index (χ2v) is 7.50. The van der Waals surface area contributed by atoms with Crippen molar-refractivity contribution >= 4 is 27.5 Å². The van der Waals surface area contributed by atoms with Crippen LogP contribution in [0.5, 0.6) is 0 Å². The molecule has 1 aliphatic heterocycles. The monoisotopic (exact) mass is 359 g/mol. The number of nitrogens with one attached hydrogen (secondary N) is 1. The number of hydrogen-bond acceptors (Lipinski definition) is 4. The average Bonchev–Trinajstić information content (AvgIpc) is 3.04. The van der Waals surface area contributed by atoms with Gasteiger partial charge in [0.1, 0.15) is 0 Å². The van der Waals surface area contributed by atoms with E-state index in [2.05, 4.69) is 5.32 Å². The van der Waals surface area contributed by atoms with E-state index in [1.165, 1.54) is 28.6 Å². The summed E-state index contributed by atoms with van der Waals surface area (Å²) in [5.74, 6) is -1.23. The highest BCUT2D eigenvalue weighted by molar-refractivity contribution is 7.92. The van der Waals surface area contributed by atoms with Gasteiger partial charge in [0.15, 0.2) is 0 Å². The molecule has 0 saturated heterocycles. The number of carbonyl (C=O) groups is 2. The Morgan fingerprint density at radius 1 is 1.12 bits per heavy atom. The van der Waals surface area contributed by atoms with Crippen LogP contribution in [-0.2, 0) is 21.2 Å². The third kappa shape index (κ3) is 3.34. The van der Waals surface area contributed by atoms with Crippen LogP contribution < -0.4 is 15.4 Å². The molecule has 1 aliphatic rings. The Balaban J connectivity index is 1.90. The highest BCUT2D eigenvalue weighted by Crippen LogP contribution is 2.32. The number of nitrogens with two attached hydrogens (primary N) is 1. The van der Waals surface area contributed by atoms with E-state index < -0.39 is 21.8 Å². The molecule has 2 aromatic rings. The average molecular weight is 359 g/mol. The molecule has 0 aliphatic carbocycles. The van der Waals surface area contributed by atoms with Gasteiger partial charge in [-0.25, -0.2) is 8.42 Å². The van der Waals surface area contributed by atoms with Crippen molar-refractivity contribution in [1.29, 1.82) is 0 Å². The van der Waals surface area contributed by atoms with Gasteiger partial charge >= 0.3 is 0 Å². The van der Waals surface area contributed by atoms with Crippen LogP contribution in [0.3, 0.4) is 0 Å². The zero-order valence-corrected chi connectivity index (χ0v) is 14.1. The molecule has 0 radical (unpaired) electrons. The minimum Gasteiger partial charge on any atom is -0.368 e. The summed E-state index contributed by atoms with van der Waals surface area (Å²) in [6, 6.07) is 13.1. The lowest BCUT2D eigenvalue weighted by Crippen LogP contribution is -2.33. The van der Waals surface area contributed by atoms with Gasteiger partial charge in [0.05, 0.1) is 17.1 Å². The third-order valence-electron chi connectivity index (χ3n) is 3.95. The quantitative estimate of drug-likeness (QED) is 0.817. The molecule has 130 valence electrons. The first-order chi connectivity index (χ1) is 11.9. The van der Waals surface area contributed by atoms with E-state index in [4.69, 9.17) is 5.73 Å². The number of carbonyl (C=O) groups excluding carboxylic acids is 2. The number of rotatable bonds is 5. The molecular formula is C17H17N3O4S. The molecule has 2 aromatic carbocycles. The van der Waals surface area contributed by atoms with E-state index in [0.29, 0.717) is 18.7 Å². The zero-order chi connectivity index (χ0) is 18.0. The van der Waals surface area contributed by atoms with Crippen LogP contribution in [0, 0.1) is 0 Å². The predicted molar refractivity (Wildman–Crippen MR) is 92.6 cm³/mol. The number of primary amides is 1. The van der Waals surface area contributed by atoms with Crippen molar-refractivity contribution in [2.24, 2.45) is 5.73 Å². The van der Waals surface area contributed by atoms with Gasteiger partial charge in [-0.2, -0.15) is 0 Å². The predicted octanol–water partition coefficient (Wildman–Crippen LogP) is 0.653. The number of anilines is 1. The first-order valence-electron chi connectivity index (χ1n) is 7.67. The van der Waals surface area contributed by atoms with Gasteiger partial charge in [0.2, 0.25) is 5.91 Å². The molecule has 0 bridgehead atoms. The molecule has 8 heteroatoms. The number of hydrogen-bond donors (Lipinski definition) is 2. The standard InChI is InChI=1S/C17H17N3O4S/c18-16(21)11-19-17(22)13-5-3-6-14(10-13)25(23,24)20-9-8-12-4-1-2-7-15(12)20/h1-7,10H,8-9,11H2,(H2,18,21)(H,19,22). The van der Waals surface area contributed by atoms with Crippen molar-refractivity contribution in [1.82, 2.24) is 5.32 Å². The first-order valence-corrected chi connectivity index (χ1v) is 9.11. The summed E-state index contributed by atoms with van der Waals surface area (Å²) in [5, 5.41) is 2.34. The van der Waals surface area contributed by atoms with E-state index in [1.54, 1.807) is 12.1 Å². The van der Waals surface area contributed by atoms with Crippen LogP contribution in [0.25, 0.3) is 0 Å². The molecule has 0 spiro atoms. The molecule has 0 saturated carbocycles. The first kappa shape index (κ1) is 17.0. The van der Waals surface area contributed by atoms with E-state index in [0.717, 1.165) is 5.56 Å². The van der Waals surface area contributed by atoms with Crippen LogP contribution in [0.1, 0.15) is 15.9 Å². The number of benzene rings is 2. The minimum atomic E-state index is -3.78. The van der Waals surface area contributed by atoms with Crippen molar-refractivity contribution < 1.29 is 18.0 Å². The van der Waals surface area contributed by atoms with Gasteiger partial charge in [0, 0.05) is 12.1 Å². The second-order valence-electron chi connectivity index (χ2n) is 5.63. The highest BCUT2D eigenvalue weighted by Gasteiger charge is 2.30. The van der Waals surface area contributed by atoms with E-state index in [1.807, 2.05) is 12.1 Å². The molecule has 25 heavy (non-hydrogen) atoms. The molecule has 0 unspecified atom stereocenters. The largest absolute Gasteiger partial charge is 0.368 e. The molecule has 0 aromatic heterocycles. The van der Waals surface area contributed by atoms with Crippen LogP contribution in [0.15, 0.2) is 53.4 Å². The zero-order valence-electron chi connectivity index (χ0n) is 13.3. The fourth-order valence-corrected chi connectivity index (χ4v) is 4.30. The van der Waals surface area contributed by atoms with Gasteiger partial charge in [0.25, 0.3) is 15.9 Å². The Hall–Kier alpha value is -2.87. The number of nitrogens with zero attached hydrogens (tertiary/aromatic N) is 1. The highest BCUT2D eigenvalue weighted by atomic mass is 32.2. The van der Waals surface area contributed by atoms with Crippen molar-refractivity contribution in [3.63, 3.8) is 0 Å². The number of para-hydroxylation sites is 1. The lowest BCUT2D eigenvalue weighted by molar-refractivity contribution is -0.117. The number of amides is 2. The summed E-state index contributed by atoms with van der Waals surface area (Å²) in [7, 11) is -3.78. The van der Waals surface area contributed by atoms with Gasteiger partial charge < -0.3 is 11.1 Å². The fourth-order valence-electron chi connectivity index (χ4n) is 2.75. The van der Waals surface area contributed by atoms with Crippen molar-refractivity contribution in [3.05, 3.63) is 59.7 Å². The molecule has 2 amide bonds. The maximum Gasteiger partial charge on any atom is 0.264 e. The normalized spacial score (nSPS) is 13.4. The van der Waals surface area contributed by atoms with Crippen molar-refractivity contribution in [3.8, 4) is 0 Å². The molecule has 7 nitrogen and oxygen atoms in total. The lowest BCUT2D eigenvalue weighted by atomic mass is 10.2. The molecule has 3 rings (SSSR count). The maximum atomic E-state index is 13.0. The van der Waals surface area contributed by atoms with Crippen LogP contribution >= 0.6 is 0 Å². The lowest BCUT2D eigenvalue weighted by Gasteiger charge is -2.19. The Labute approximate surface area is 145 Å². The van der Waals surface area contributed by atoms with E-state index in [9.17, 15) is 18.0 Å². The summed E-state index contributed by atoms with van der Waals surface area (Å²) in [6.07, 6.45) is 0.647. The molecule has 0 fully saturated rings. The van der Waals surface area contributed by atoms with Crippen molar-refractivity contribution in [2.75, 3.05) is 17.4 Å². The summed E-state index contributed by atoms with van der Waals surface area (Å²) >= 11 is 0. The Kier molecular flexibility index (Phi) is 4.45. The molecular weight excluding hydrogens is 342 g/mol.